The third-order valence-electron chi connectivity index (χ3n) is 5.37. The van der Waals surface area contributed by atoms with Crippen molar-refractivity contribution < 1.29 is 31.4 Å². The lowest BCUT2D eigenvalue weighted by Crippen LogP contribution is -2.31. The molecular weight excluding hydrogens is 460 g/mol. The zero-order valence-corrected chi connectivity index (χ0v) is 18.2. The summed E-state index contributed by atoms with van der Waals surface area (Å²) in [7, 11) is 0. The van der Waals surface area contributed by atoms with E-state index in [4.69, 9.17) is 0 Å². The molecular formula is C24H25F6N3O. The first-order valence-corrected chi connectivity index (χ1v) is 10.6. The zero-order valence-electron chi connectivity index (χ0n) is 18.2. The van der Waals surface area contributed by atoms with Gasteiger partial charge in [-0.3, -0.25) is 0 Å². The molecule has 3 N–H and O–H groups in total. The second-order valence-electron chi connectivity index (χ2n) is 8.10. The molecule has 0 unspecified atom stereocenters. The van der Waals surface area contributed by atoms with Crippen LogP contribution in [0.15, 0.2) is 60.2 Å². The van der Waals surface area contributed by atoms with E-state index < -0.39 is 35.3 Å². The van der Waals surface area contributed by atoms with Crippen LogP contribution in [0.1, 0.15) is 35.8 Å². The fourth-order valence-electron chi connectivity index (χ4n) is 3.54. The molecule has 184 valence electrons. The quantitative estimate of drug-likeness (QED) is 0.257. The largest absolute Gasteiger partial charge is 0.433 e. The first kappa shape index (κ1) is 25.9. The molecule has 10 heteroatoms. The van der Waals surface area contributed by atoms with E-state index in [1.807, 2.05) is 0 Å². The summed E-state index contributed by atoms with van der Waals surface area (Å²) in [6.45, 7) is 5.43. The normalized spacial score (nSPS) is 15.3. The Morgan fingerprint density at radius 3 is 2.18 bits per heavy atom. The summed E-state index contributed by atoms with van der Waals surface area (Å²) in [4.78, 5) is 3.61. The Bertz CT molecular complexity index is 1020. The summed E-state index contributed by atoms with van der Waals surface area (Å²) < 4.78 is 79.0. The number of nitrogens with one attached hydrogen (secondary N) is 2. The minimum absolute atomic E-state index is 0.102. The number of aliphatic hydroxyl groups excluding tert-OH is 1. The molecule has 0 aliphatic heterocycles. The number of allylic oxidation sites excluding steroid dienone is 2. The number of rotatable bonds is 9. The van der Waals surface area contributed by atoms with Crippen molar-refractivity contribution in [2.45, 2.75) is 31.3 Å². The molecule has 0 saturated heterocycles. The van der Waals surface area contributed by atoms with Crippen LogP contribution in [0.5, 0.6) is 0 Å². The topological polar surface area (TPSA) is 57.2 Å². The molecule has 3 rings (SSSR count). The van der Waals surface area contributed by atoms with Crippen LogP contribution in [-0.2, 0) is 12.4 Å². The van der Waals surface area contributed by atoms with Crippen LogP contribution in [0.25, 0.3) is 11.3 Å². The van der Waals surface area contributed by atoms with E-state index in [-0.39, 0.29) is 17.8 Å². The van der Waals surface area contributed by atoms with Crippen LogP contribution < -0.4 is 10.6 Å². The molecule has 34 heavy (non-hydrogen) atoms. The highest BCUT2D eigenvalue weighted by atomic mass is 19.4. The highest BCUT2D eigenvalue weighted by Gasteiger charge is 2.37. The van der Waals surface area contributed by atoms with E-state index in [9.17, 15) is 31.4 Å². The van der Waals surface area contributed by atoms with Crippen LogP contribution in [0.4, 0.5) is 26.3 Å². The van der Waals surface area contributed by atoms with Gasteiger partial charge in [0.05, 0.1) is 17.4 Å². The van der Waals surface area contributed by atoms with E-state index in [1.165, 1.54) is 17.2 Å². The molecule has 1 aliphatic rings. The molecule has 0 radical (unpaired) electrons. The van der Waals surface area contributed by atoms with Crippen LogP contribution >= 0.6 is 0 Å². The third kappa shape index (κ3) is 6.91. The summed E-state index contributed by atoms with van der Waals surface area (Å²) in [5.74, 6) is 0. The molecule has 0 bridgehead atoms. The van der Waals surface area contributed by atoms with Crippen molar-refractivity contribution in [1.29, 1.82) is 0 Å². The molecule has 2 aromatic rings. The second kappa shape index (κ2) is 10.7. The average molecular weight is 485 g/mol. The van der Waals surface area contributed by atoms with Gasteiger partial charge in [-0.15, -0.1) is 0 Å². The average Bonchev–Trinajstić information content (AvgIpc) is 2.75. The fourth-order valence-corrected chi connectivity index (χ4v) is 3.54. The van der Waals surface area contributed by atoms with E-state index >= 15 is 0 Å². The lowest BCUT2D eigenvalue weighted by atomic mass is 9.87. The Kier molecular flexibility index (Phi) is 8.17. The van der Waals surface area contributed by atoms with Gasteiger partial charge in [0.25, 0.3) is 0 Å². The minimum Gasteiger partial charge on any atom is -0.387 e. The van der Waals surface area contributed by atoms with Crippen molar-refractivity contribution in [3.05, 3.63) is 77.0 Å². The summed E-state index contributed by atoms with van der Waals surface area (Å²) in [5, 5.41) is 16.4. The Hall–Kier alpha value is -2.69. The number of alkyl halides is 6. The maximum Gasteiger partial charge on any atom is 0.433 e. The number of halogens is 6. The second-order valence-corrected chi connectivity index (χ2v) is 8.10. The number of hydrogen-bond donors (Lipinski definition) is 3. The molecule has 1 fully saturated rings. The number of pyridine rings is 1. The van der Waals surface area contributed by atoms with E-state index in [0.717, 1.165) is 43.2 Å². The molecule has 0 spiro atoms. The Morgan fingerprint density at radius 2 is 1.59 bits per heavy atom. The molecule has 1 atom stereocenters. The lowest BCUT2D eigenvalue weighted by molar-refractivity contribution is -0.142. The van der Waals surface area contributed by atoms with Gasteiger partial charge in [0.15, 0.2) is 5.69 Å². The number of aromatic nitrogens is 1. The van der Waals surface area contributed by atoms with Crippen LogP contribution in [-0.4, -0.2) is 36.3 Å². The summed E-state index contributed by atoms with van der Waals surface area (Å²) >= 11 is 0. The van der Waals surface area contributed by atoms with Crippen LogP contribution in [0.2, 0.25) is 0 Å². The first-order valence-electron chi connectivity index (χ1n) is 10.6. The van der Waals surface area contributed by atoms with E-state index in [0.29, 0.717) is 19.6 Å². The summed E-state index contributed by atoms with van der Waals surface area (Å²) in [5.41, 5.74) is -0.0897. The van der Waals surface area contributed by atoms with Gasteiger partial charge in [-0.05, 0) is 31.0 Å². The lowest BCUT2D eigenvalue weighted by Gasteiger charge is -2.20. The molecule has 1 heterocycles. The minimum atomic E-state index is -4.85. The maximum atomic E-state index is 13.6. The summed E-state index contributed by atoms with van der Waals surface area (Å²) in [6.07, 6.45) is -6.92. The first-order chi connectivity index (χ1) is 15.9. The molecule has 0 amide bonds. The zero-order chi connectivity index (χ0) is 24.9. The number of aliphatic hydroxyl groups is 1. The number of benzene rings is 1. The highest BCUT2D eigenvalue weighted by Crippen LogP contribution is 2.36. The molecule has 1 saturated carbocycles. The highest BCUT2D eigenvalue weighted by molar-refractivity contribution is 5.60. The van der Waals surface area contributed by atoms with Gasteiger partial charge in [-0.1, -0.05) is 42.0 Å². The maximum absolute atomic E-state index is 13.6. The summed E-state index contributed by atoms with van der Waals surface area (Å²) in [6, 6.07) is 6.04. The number of nitrogens with zero attached hydrogens (tertiary/aromatic N) is 1. The van der Waals surface area contributed by atoms with Crippen molar-refractivity contribution >= 4 is 0 Å². The van der Waals surface area contributed by atoms with Crippen molar-refractivity contribution in [2.24, 2.45) is 0 Å². The van der Waals surface area contributed by atoms with Gasteiger partial charge in [-0.2, -0.15) is 26.3 Å². The van der Waals surface area contributed by atoms with Gasteiger partial charge in [0.2, 0.25) is 0 Å². The van der Waals surface area contributed by atoms with Crippen molar-refractivity contribution in [2.75, 3.05) is 26.2 Å². The standard InChI is InChI=1S/C24H25F6N3O/c1-15-12-16(13-15)8-9-31-10-11-32-14-21(34)19-6-7-20(33-22(19)24(28,29)30)17-2-4-18(5-3-17)23(25,26)27/h2-8,21,31-32,34H,1,9-14H2/t21-/m0/s1. The molecule has 4 nitrogen and oxygen atoms in total. The Labute approximate surface area is 193 Å². The monoisotopic (exact) mass is 485 g/mol. The van der Waals surface area contributed by atoms with Crippen molar-refractivity contribution in [3.63, 3.8) is 0 Å². The van der Waals surface area contributed by atoms with Gasteiger partial charge in [0, 0.05) is 37.3 Å². The van der Waals surface area contributed by atoms with E-state index in [1.54, 1.807) is 0 Å². The molecule has 1 aliphatic carbocycles. The smallest absolute Gasteiger partial charge is 0.387 e. The van der Waals surface area contributed by atoms with Crippen molar-refractivity contribution in [3.8, 4) is 11.3 Å². The van der Waals surface area contributed by atoms with E-state index in [2.05, 4.69) is 28.3 Å². The van der Waals surface area contributed by atoms with Crippen LogP contribution in [0.3, 0.4) is 0 Å². The predicted octanol–water partition coefficient (Wildman–Crippen LogP) is 5.28. The number of hydrogen-bond acceptors (Lipinski definition) is 4. The Balaban J connectivity index is 1.60. The van der Waals surface area contributed by atoms with Gasteiger partial charge in [0.1, 0.15) is 0 Å². The Morgan fingerprint density at radius 1 is 0.941 bits per heavy atom. The molecule has 1 aromatic heterocycles. The van der Waals surface area contributed by atoms with Crippen LogP contribution in [0, 0.1) is 0 Å². The third-order valence-corrected chi connectivity index (χ3v) is 5.37. The van der Waals surface area contributed by atoms with Crippen molar-refractivity contribution in [1.82, 2.24) is 15.6 Å². The predicted molar refractivity (Wildman–Crippen MR) is 117 cm³/mol. The SMILES string of the molecule is C=C1CC(=CCNCCNC[C@H](O)c2ccc(-c3ccc(C(F)(F)F)cc3)nc2C(F)(F)F)C1. The molecule has 1 aromatic carbocycles. The van der Waals surface area contributed by atoms with Gasteiger partial charge in [-0.25, -0.2) is 4.98 Å². The van der Waals surface area contributed by atoms with Gasteiger partial charge >= 0.3 is 12.4 Å². The fraction of sp³-hybridized carbons (Fsp3) is 0.375. The van der Waals surface area contributed by atoms with Gasteiger partial charge < -0.3 is 15.7 Å².